The normalized spacial score (nSPS) is 20.6. The predicted molar refractivity (Wildman–Crippen MR) is 44.3 cm³/mol. The van der Waals surface area contributed by atoms with Gasteiger partial charge >= 0.3 is 10.4 Å². The van der Waals surface area contributed by atoms with Gasteiger partial charge in [0.2, 0.25) is 0 Å². The lowest BCUT2D eigenvalue weighted by molar-refractivity contribution is -0.110. The molecule has 72 valence electrons. The van der Waals surface area contributed by atoms with Crippen LogP contribution in [0.2, 0.25) is 0 Å². The average Bonchev–Trinajstić information content (AvgIpc) is 1.92. The number of rotatable bonds is 2. The largest absolute Gasteiger partial charge is 0.398 e. The van der Waals surface area contributed by atoms with Crippen molar-refractivity contribution >= 4 is 16.2 Å². The van der Waals surface area contributed by atoms with Crippen molar-refractivity contribution in [3.63, 3.8) is 0 Å². The van der Waals surface area contributed by atoms with Crippen LogP contribution >= 0.6 is 0 Å². The van der Waals surface area contributed by atoms with Gasteiger partial charge in [-0.05, 0) is 31.2 Å². The van der Waals surface area contributed by atoms with Crippen molar-refractivity contribution in [1.82, 2.24) is 0 Å². The van der Waals surface area contributed by atoms with Gasteiger partial charge in [0.05, 0.1) is 0 Å². The highest BCUT2D eigenvalue weighted by Crippen LogP contribution is 2.19. The maximum atomic E-state index is 10.7. The molecule has 0 amide bonds. The maximum absolute atomic E-state index is 10.7. The first-order valence-electron chi connectivity index (χ1n) is 3.41. The Hall–Kier alpha value is -0.980. The molecule has 0 aliphatic heterocycles. The van der Waals surface area contributed by atoms with Crippen LogP contribution in [0.25, 0.3) is 0 Å². The number of hydrogen-bond donors (Lipinski definition) is 1. The van der Waals surface area contributed by atoms with E-state index < -0.39 is 16.0 Å². The molecule has 0 unspecified atom stereocenters. The fourth-order valence-corrected chi connectivity index (χ4v) is 1.45. The Labute approximate surface area is 75.7 Å². The Morgan fingerprint density at radius 3 is 2.23 bits per heavy atom. The minimum Gasteiger partial charge on any atom is -0.290 e. The molecule has 1 rings (SSSR count). The minimum atomic E-state index is -4.51. The summed E-state index contributed by atoms with van der Waals surface area (Å²) in [7, 11) is -4.51. The Bertz CT molecular complexity index is 360. The van der Waals surface area contributed by atoms with Crippen LogP contribution in [0.15, 0.2) is 24.3 Å². The number of hydrogen-bond acceptors (Lipinski definition) is 4. The molecule has 6 heteroatoms. The molecule has 0 fully saturated rings. The van der Waals surface area contributed by atoms with Gasteiger partial charge in [-0.15, -0.1) is 0 Å². The third-order valence-electron chi connectivity index (χ3n) is 1.44. The monoisotopic (exact) mass is 204 g/mol. The Kier molecular flexibility index (Phi) is 2.38. The number of allylic oxidation sites excluding steroid dienone is 2. The molecule has 5 nitrogen and oxygen atoms in total. The summed E-state index contributed by atoms with van der Waals surface area (Å²) in [5, 5.41) is 0. The highest BCUT2D eigenvalue weighted by Gasteiger charge is 2.27. The SMILES string of the molecule is CC1(OS(=O)(=O)O)C=CC(=O)C=C1. The van der Waals surface area contributed by atoms with E-state index in [-0.39, 0.29) is 5.78 Å². The van der Waals surface area contributed by atoms with Crippen molar-refractivity contribution in [3.05, 3.63) is 24.3 Å². The molecule has 0 atom stereocenters. The summed E-state index contributed by atoms with van der Waals surface area (Å²) >= 11 is 0. The number of carbonyl (C=O) groups is 1. The summed E-state index contributed by atoms with van der Waals surface area (Å²) in [4.78, 5) is 10.7. The summed E-state index contributed by atoms with van der Waals surface area (Å²) in [6.07, 6.45) is 4.85. The fraction of sp³-hybridized carbons (Fsp3) is 0.286. The van der Waals surface area contributed by atoms with Gasteiger partial charge in [0, 0.05) is 0 Å². The van der Waals surface area contributed by atoms with Gasteiger partial charge in [-0.2, -0.15) is 8.42 Å². The Balaban J connectivity index is 2.87. The van der Waals surface area contributed by atoms with Crippen molar-refractivity contribution in [2.24, 2.45) is 0 Å². The van der Waals surface area contributed by atoms with Crippen LogP contribution < -0.4 is 0 Å². The molecular weight excluding hydrogens is 196 g/mol. The first-order chi connectivity index (χ1) is 5.81. The predicted octanol–water partition coefficient (Wildman–Crippen LogP) is 0.260. The van der Waals surface area contributed by atoms with E-state index in [0.717, 1.165) is 0 Å². The van der Waals surface area contributed by atoms with Crippen molar-refractivity contribution < 1.29 is 21.9 Å². The summed E-state index contributed by atoms with van der Waals surface area (Å²) in [6, 6.07) is 0. The van der Waals surface area contributed by atoms with E-state index in [1.54, 1.807) is 0 Å². The number of carbonyl (C=O) groups excluding carboxylic acids is 1. The van der Waals surface area contributed by atoms with E-state index in [0.29, 0.717) is 0 Å². The second-order valence-corrected chi connectivity index (χ2v) is 3.79. The van der Waals surface area contributed by atoms with Crippen molar-refractivity contribution in [2.45, 2.75) is 12.5 Å². The molecule has 1 N–H and O–H groups in total. The van der Waals surface area contributed by atoms with E-state index in [1.165, 1.54) is 31.2 Å². The Morgan fingerprint density at radius 1 is 1.38 bits per heavy atom. The second-order valence-electron chi connectivity index (χ2n) is 2.76. The van der Waals surface area contributed by atoms with Crippen LogP contribution in [0.3, 0.4) is 0 Å². The molecule has 13 heavy (non-hydrogen) atoms. The van der Waals surface area contributed by atoms with Gasteiger partial charge in [0.25, 0.3) is 0 Å². The quantitative estimate of drug-likeness (QED) is 0.652. The topological polar surface area (TPSA) is 80.7 Å². The summed E-state index contributed by atoms with van der Waals surface area (Å²) in [6.45, 7) is 1.40. The van der Waals surface area contributed by atoms with Crippen LogP contribution in [0.4, 0.5) is 0 Å². The zero-order chi connectivity index (χ0) is 10.1. The van der Waals surface area contributed by atoms with Crippen molar-refractivity contribution in [3.8, 4) is 0 Å². The van der Waals surface area contributed by atoms with Crippen molar-refractivity contribution in [1.29, 1.82) is 0 Å². The van der Waals surface area contributed by atoms with E-state index in [1.807, 2.05) is 0 Å². The summed E-state index contributed by atoms with van der Waals surface area (Å²) in [5.41, 5.74) is -1.28. The molecule has 0 saturated heterocycles. The molecular formula is C7H8O5S. The molecule has 0 saturated carbocycles. The van der Waals surface area contributed by atoms with Gasteiger partial charge in [0.1, 0.15) is 5.60 Å². The molecule has 0 aromatic carbocycles. The molecule has 1 aliphatic carbocycles. The number of ketones is 1. The minimum absolute atomic E-state index is 0.253. The third kappa shape index (κ3) is 3.10. The summed E-state index contributed by atoms with van der Waals surface area (Å²) < 4.78 is 33.4. The van der Waals surface area contributed by atoms with Gasteiger partial charge < -0.3 is 0 Å². The Morgan fingerprint density at radius 2 is 1.85 bits per heavy atom. The lowest BCUT2D eigenvalue weighted by Crippen LogP contribution is -2.28. The smallest absolute Gasteiger partial charge is 0.290 e. The lowest BCUT2D eigenvalue weighted by Gasteiger charge is -2.21. The summed E-state index contributed by atoms with van der Waals surface area (Å²) in [5.74, 6) is -0.253. The molecule has 0 aromatic heterocycles. The zero-order valence-electron chi connectivity index (χ0n) is 6.80. The second kappa shape index (κ2) is 3.06. The van der Waals surface area contributed by atoms with Gasteiger partial charge in [-0.25, -0.2) is 4.18 Å². The molecule has 0 aromatic rings. The van der Waals surface area contributed by atoms with Crippen LogP contribution in [0.5, 0.6) is 0 Å². The first-order valence-corrected chi connectivity index (χ1v) is 4.78. The van der Waals surface area contributed by atoms with Crippen LogP contribution in [0.1, 0.15) is 6.92 Å². The fourth-order valence-electron chi connectivity index (χ4n) is 0.889. The molecule has 0 radical (unpaired) electrons. The lowest BCUT2D eigenvalue weighted by atomic mass is 10.0. The average molecular weight is 204 g/mol. The van der Waals surface area contributed by atoms with Crippen molar-refractivity contribution in [2.75, 3.05) is 0 Å². The molecule has 0 spiro atoms. The molecule has 0 bridgehead atoms. The van der Waals surface area contributed by atoms with E-state index in [2.05, 4.69) is 4.18 Å². The standard InChI is InChI=1S/C7H8O5S/c1-7(12-13(9,10)11)4-2-6(8)3-5-7/h2-5H,1H3,(H,9,10,11). The molecule has 0 heterocycles. The van der Waals surface area contributed by atoms with E-state index in [4.69, 9.17) is 4.55 Å². The van der Waals surface area contributed by atoms with Gasteiger partial charge in [0.15, 0.2) is 5.78 Å². The van der Waals surface area contributed by atoms with E-state index in [9.17, 15) is 13.2 Å². The van der Waals surface area contributed by atoms with Gasteiger partial charge in [-0.3, -0.25) is 9.35 Å². The maximum Gasteiger partial charge on any atom is 0.398 e. The molecule has 1 aliphatic rings. The van der Waals surface area contributed by atoms with Crippen LogP contribution in [-0.4, -0.2) is 24.4 Å². The zero-order valence-corrected chi connectivity index (χ0v) is 7.61. The third-order valence-corrected chi connectivity index (χ3v) is 2.01. The van der Waals surface area contributed by atoms with Gasteiger partial charge in [-0.1, -0.05) is 0 Å². The first kappa shape index (κ1) is 10.1. The van der Waals surface area contributed by atoms with Crippen LogP contribution in [-0.2, 0) is 19.4 Å². The van der Waals surface area contributed by atoms with Crippen LogP contribution in [0, 0.1) is 0 Å². The van der Waals surface area contributed by atoms with E-state index >= 15 is 0 Å². The highest BCUT2D eigenvalue weighted by atomic mass is 32.3. The highest BCUT2D eigenvalue weighted by molar-refractivity contribution is 7.80.